The maximum atomic E-state index is 6.90. The molecular formula is C20H38OSi. The fraction of sp³-hybridized carbons (Fsp3) is 0.900. The van der Waals surface area contributed by atoms with Gasteiger partial charge in [-0.05, 0) is 67.0 Å². The molecule has 0 unspecified atom stereocenters. The summed E-state index contributed by atoms with van der Waals surface area (Å²) in [5, 5.41) is 0.292. The van der Waals surface area contributed by atoms with Crippen LogP contribution in [0, 0.1) is 16.7 Å². The maximum absolute atomic E-state index is 6.90. The van der Waals surface area contributed by atoms with Crippen LogP contribution in [0.15, 0.2) is 12.2 Å². The highest BCUT2D eigenvalue weighted by molar-refractivity contribution is 6.74. The lowest BCUT2D eigenvalue weighted by molar-refractivity contribution is -0.0859. The summed E-state index contributed by atoms with van der Waals surface area (Å²) < 4.78 is 6.90. The minimum absolute atomic E-state index is 0.256. The van der Waals surface area contributed by atoms with E-state index in [0.717, 1.165) is 5.92 Å². The van der Waals surface area contributed by atoms with Crippen LogP contribution in [0.3, 0.4) is 0 Å². The topological polar surface area (TPSA) is 9.23 Å². The van der Waals surface area contributed by atoms with Crippen LogP contribution < -0.4 is 0 Å². The van der Waals surface area contributed by atoms with Crippen LogP contribution in [0.2, 0.25) is 18.1 Å². The average Bonchev–Trinajstić information content (AvgIpc) is 2.34. The predicted octanol–water partition coefficient (Wildman–Crippen LogP) is 6.56. The highest BCUT2D eigenvalue weighted by atomic mass is 28.4. The van der Waals surface area contributed by atoms with Crippen LogP contribution in [-0.4, -0.2) is 14.4 Å². The van der Waals surface area contributed by atoms with Crippen LogP contribution in [0.4, 0.5) is 0 Å². The molecule has 0 saturated heterocycles. The molecule has 1 nitrogen and oxygen atoms in total. The van der Waals surface area contributed by atoms with E-state index in [4.69, 9.17) is 4.43 Å². The largest absolute Gasteiger partial charge is 0.413 e. The lowest BCUT2D eigenvalue weighted by atomic mass is 9.49. The van der Waals surface area contributed by atoms with E-state index in [1.807, 2.05) is 0 Å². The van der Waals surface area contributed by atoms with Gasteiger partial charge >= 0.3 is 0 Å². The summed E-state index contributed by atoms with van der Waals surface area (Å²) in [5.41, 5.74) is 2.10. The quantitative estimate of drug-likeness (QED) is 0.413. The van der Waals surface area contributed by atoms with Gasteiger partial charge in [0.1, 0.15) is 0 Å². The van der Waals surface area contributed by atoms with Crippen molar-refractivity contribution in [1.82, 2.24) is 0 Å². The normalized spacial score (nSPS) is 36.1. The SMILES string of the molecule is C=C1CCC[C@@H]2C(C)(C)[C@@H](O[Si](C)(C)C(C)(C)C)CC[C@@]12C. The summed E-state index contributed by atoms with van der Waals surface area (Å²) in [4.78, 5) is 0. The molecule has 0 aromatic heterocycles. The van der Waals surface area contributed by atoms with Crippen LogP contribution in [0.1, 0.15) is 73.6 Å². The summed E-state index contributed by atoms with van der Waals surface area (Å²) in [6.07, 6.45) is 6.77. The van der Waals surface area contributed by atoms with Crippen molar-refractivity contribution in [3.63, 3.8) is 0 Å². The Hall–Kier alpha value is -0.0831. The van der Waals surface area contributed by atoms with Gasteiger partial charge in [0.25, 0.3) is 0 Å². The van der Waals surface area contributed by atoms with Crippen LogP contribution >= 0.6 is 0 Å². The van der Waals surface area contributed by atoms with Crippen LogP contribution in [-0.2, 0) is 4.43 Å². The van der Waals surface area contributed by atoms with Gasteiger partial charge < -0.3 is 4.43 Å². The third kappa shape index (κ3) is 2.86. The Balaban J connectivity index is 2.25. The van der Waals surface area contributed by atoms with E-state index in [2.05, 4.69) is 61.2 Å². The van der Waals surface area contributed by atoms with Gasteiger partial charge in [0, 0.05) is 0 Å². The fourth-order valence-electron chi connectivity index (χ4n) is 4.68. The van der Waals surface area contributed by atoms with E-state index >= 15 is 0 Å². The van der Waals surface area contributed by atoms with Gasteiger partial charge in [0.15, 0.2) is 8.32 Å². The first-order chi connectivity index (χ1) is 9.82. The van der Waals surface area contributed by atoms with Gasteiger partial charge in [-0.25, -0.2) is 0 Å². The highest BCUT2D eigenvalue weighted by Crippen LogP contribution is 2.60. The van der Waals surface area contributed by atoms with Crippen molar-refractivity contribution in [3.05, 3.63) is 12.2 Å². The van der Waals surface area contributed by atoms with Crippen molar-refractivity contribution in [1.29, 1.82) is 0 Å². The molecular weight excluding hydrogens is 284 g/mol. The monoisotopic (exact) mass is 322 g/mol. The van der Waals surface area contributed by atoms with E-state index < -0.39 is 8.32 Å². The molecule has 0 heterocycles. The number of hydrogen-bond acceptors (Lipinski definition) is 1. The van der Waals surface area contributed by atoms with Gasteiger partial charge in [0.05, 0.1) is 6.10 Å². The summed E-state index contributed by atoms with van der Waals surface area (Å²) in [6.45, 7) is 23.7. The van der Waals surface area contributed by atoms with Crippen molar-refractivity contribution in [2.24, 2.45) is 16.7 Å². The van der Waals surface area contributed by atoms with Crippen molar-refractivity contribution in [3.8, 4) is 0 Å². The van der Waals surface area contributed by atoms with E-state index in [9.17, 15) is 0 Å². The van der Waals surface area contributed by atoms with Crippen molar-refractivity contribution < 1.29 is 4.43 Å². The van der Waals surface area contributed by atoms with Crippen LogP contribution in [0.5, 0.6) is 0 Å². The summed E-state index contributed by atoms with van der Waals surface area (Å²) in [5.74, 6) is 0.727. The second kappa shape index (κ2) is 5.48. The molecule has 2 aliphatic rings. The third-order valence-electron chi connectivity index (χ3n) is 7.45. The van der Waals surface area contributed by atoms with Gasteiger partial charge in [-0.3, -0.25) is 0 Å². The molecule has 0 radical (unpaired) electrons. The molecule has 22 heavy (non-hydrogen) atoms. The molecule has 0 aromatic carbocycles. The van der Waals surface area contributed by atoms with Crippen molar-refractivity contribution in [2.75, 3.05) is 0 Å². The van der Waals surface area contributed by atoms with Crippen LogP contribution in [0.25, 0.3) is 0 Å². The lowest BCUT2D eigenvalue weighted by Crippen LogP contribution is -2.56. The number of rotatable bonds is 2. The molecule has 3 atom stereocenters. The van der Waals surface area contributed by atoms with Gasteiger partial charge in [-0.15, -0.1) is 0 Å². The first-order valence-electron chi connectivity index (χ1n) is 9.18. The molecule has 0 N–H and O–H groups in total. The first kappa shape index (κ1) is 18.3. The average molecular weight is 323 g/mol. The standard InChI is InChI=1S/C20H38OSi/c1-15-11-10-12-16-19(5,6)17(13-14-20(15,16)7)21-22(8,9)18(2,3)4/h16-17H,1,10-14H2,2-9H3/t16-,17+,20+/m1/s1. The Kier molecular flexibility index (Phi) is 4.55. The van der Waals surface area contributed by atoms with Crippen molar-refractivity contribution >= 4 is 8.32 Å². The highest BCUT2D eigenvalue weighted by Gasteiger charge is 2.55. The minimum Gasteiger partial charge on any atom is -0.413 e. The Labute approximate surface area is 140 Å². The zero-order valence-electron chi connectivity index (χ0n) is 16.3. The molecule has 0 bridgehead atoms. The molecule has 0 amide bonds. The van der Waals surface area contributed by atoms with E-state index in [1.54, 1.807) is 0 Å². The smallest absolute Gasteiger partial charge is 0.192 e. The molecule has 2 rings (SSSR count). The molecule has 0 aromatic rings. The Bertz CT molecular complexity index is 443. The maximum Gasteiger partial charge on any atom is 0.192 e. The molecule has 2 saturated carbocycles. The number of fused-ring (bicyclic) bond motifs is 1. The molecule has 2 heteroatoms. The zero-order chi connectivity index (χ0) is 17.0. The Morgan fingerprint density at radius 1 is 1.14 bits per heavy atom. The summed E-state index contributed by atoms with van der Waals surface area (Å²) in [7, 11) is -1.70. The lowest BCUT2D eigenvalue weighted by Gasteiger charge is -2.59. The Morgan fingerprint density at radius 2 is 1.73 bits per heavy atom. The predicted molar refractivity (Wildman–Crippen MR) is 99.7 cm³/mol. The van der Waals surface area contributed by atoms with Gasteiger partial charge in [-0.2, -0.15) is 0 Å². The molecule has 0 spiro atoms. The van der Waals surface area contributed by atoms with E-state index in [1.165, 1.54) is 37.7 Å². The third-order valence-corrected chi connectivity index (χ3v) is 11.9. The second-order valence-electron chi connectivity index (χ2n) is 10.2. The molecule has 2 fully saturated rings. The summed E-state index contributed by atoms with van der Waals surface area (Å²) >= 11 is 0. The van der Waals surface area contributed by atoms with E-state index in [0.29, 0.717) is 16.6 Å². The van der Waals surface area contributed by atoms with Gasteiger partial charge in [-0.1, -0.05) is 53.7 Å². The molecule has 2 aliphatic carbocycles. The zero-order valence-corrected chi connectivity index (χ0v) is 17.3. The summed E-state index contributed by atoms with van der Waals surface area (Å²) in [6, 6.07) is 0. The van der Waals surface area contributed by atoms with E-state index in [-0.39, 0.29) is 5.41 Å². The number of hydrogen-bond donors (Lipinski definition) is 0. The van der Waals surface area contributed by atoms with Gasteiger partial charge in [0.2, 0.25) is 0 Å². The molecule has 128 valence electrons. The Morgan fingerprint density at radius 3 is 2.27 bits per heavy atom. The number of allylic oxidation sites excluding steroid dienone is 1. The molecule has 0 aliphatic heterocycles. The van der Waals surface area contributed by atoms with Crippen molar-refractivity contribution in [2.45, 2.75) is 97.9 Å². The minimum atomic E-state index is -1.70. The first-order valence-corrected chi connectivity index (χ1v) is 12.1. The second-order valence-corrected chi connectivity index (χ2v) is 14.9. The fourth-order valence-corrected chi connectivity index (χ4v) is 6.17.